The van der Waals surface area contributed by atoms with Gasteiger partial charge >= 0.3 is 0 Å². The molecule has 4 rings (SSSR count). The molecule has 2 aliphatic heterocycles. The summed E-state index contributed by atoms with van der Waals surface area (Å²) < 4.78 is 5.78. The summed E-state index contributed by atoms with van der Waals surface area (Å²) in [5, 5.41) is 2.13. The fourth-order valence-corrected chi connectivity index (χ4v) is 4.16. The average Bonchev–Trinajstić information content (AvgIpc) is 2.94. The Balaban J connectivity index is 1.41. The lowest BCUT2D eigenvalue weighted by molar-refractivity contribution is -0.133. The second-order valence-electron chi connectivity index (χ2n) is 6.10. The number of hydrogen-bond acceptors (Lipinski definition) is 4. The molecule has 0 spiro atoms. The number of thiophene rings is 1. The summed E-state index contributed by atoms with van der Waals surface area (Å²) in [4.78, 5) is 18.3. The van der Waals surface area contributed by atoms with Crippen LogP contribution in [0.15, 0.2) is 35.7 Å². The maximum Gasteiger partial charge on any atom is 0.237 e. The van der Waals surface area contributed by atoms with Gasteiger partial charge < -0.3 is 9.64 Å². The third-order valence-corrected chi connectivity index (χ3v) is 5.57. The second kappa shape index (κ2) is 6.34. The van der Waals surface area contributed by atoms with E-state index in [1.54, 1.807) is 11.3 Å². The molecule has 1 aromatic heterocycles. The summed E-state index contributed by atoms with van der Waals surface area (Å²) in [6, 6.07) is 10.2. The summed E-state index contributed by atoms with van der Waals surface area (Å²) in [6.45, 7) is 4.28. The van der Waals surface area contributed by atoms with E-state index >= 15 is 0 Å². The highest BCUT2D eigenvalue weighted by atomic mass is 32.1. The van der Waals surface area contributed by atoms with Crippen molar-refractivity contribution in [1.82, 2.24) is 9.80 Å². The third kappa shape index (κ3) is 3.12. The van der Waals surface area contributed by atoms with Gasteiger partial charge in [-0.25, -0.2) is 0 Å². The van der Waals surface area contributed by atoms with E-state index in [1.807, 2.05) is 23.1 Å². The molecule has 1 amide bonds. The Hall–Kier alpha value is -1.85. The SMILES string of the molecule is O=C(CN1CCOc2ccccc2C1)N1CCc2sccc2C1. The van der Waals surface area contributed by atoms with Crippen molar-refractivity contribution in [2.75, 3.05) is 26.2 Å². The van der Waals surface area contributed by atoms with E-state index in [9.17, 15) is 4.79 Å². The van der Waals surface area contributed by atoms with Gasteiger partial charge in [0.15, 0.2) is 0 Å². The fraction of sp³-hybridized carbons (Fsp3) is 0.389. The van der Waals surface area contributed by atoms with Crippen molar-refractivity contribution in [1.29, 1.82) is 0 Å². The Morgan fingerprint density at radius 1 is 1.13 bits per heavy atom. The molecule has 0 unspecified atom stereocenters. The summed E-state index contributed by atoms with van der Waals surface area (Å²) in [7, 11) is 0. The van der Waals surface area contributed by atoms with Crippen LogP contribution in [0.25, 0.3) is 0 Å². The number of nitrogens with zero attached hydrogens (tertiary/aromatic N) is 2. The zero-order valence-electron chi connectivity index (χ0n) is 13.0. The average molecular weight is 328 g/mol. The van der Waals surface area contributed by atoms with Gasteiger partial charge in [0.25, 0.3) is 0 Å². The maximum atomic E-state index is 12.7. The molecule has 0 aliphatic carbocycles. The summed E-state index contributed by atoms with van der Waals surface area (Å²) in [5.74, 6) is 1.17. The number of carbonyl (C=O) groups is 1. The number of benzene rings is 1. The number of hydrogen-bond donors (Lipinski definition) is 0. The molecule has 0 fully saturated rings. The van der Waals surface area contributed by atoms with Crippen LogP contribution in [0.4, 0.5) is 0 Å². The van der Waals surface area contributed by atoms with E-state index in [0.29, 0.717) is 13.2 Å². The minimum absolute atomic E-state index is 0.223. The van der Waals surface area contributed by atoms with Gasteiger partial charge in [-0.15, -0.1) is 11.3 Å². The largest absolute Gasteiger partial charge is 0.492 e. The monoisotopic (exact) mass is 328 g/mol. The molecule has 4 nitrogen and oxygen atoms in total. The van der Waals surface area contributed by atoms with E-state index in [-0.39, 0.29) is 5.91 Å². The first-order valence-electron chi connectivity index (χ1n) is 8.06. The number of ether oxygens (including phenoxy) is 1. The van der Waals surface area contributed by atoms with Crippen LogP contribution in [-0.2, 0) is 24.3 Å². The lowest BCUT2D eigenvalue weighted by atomic mass is 10.1. The van der Waals surface area contributed by atoms with Gasteiger partial charge in [-0.1, -0.05) is 18.2 Å². The van der Waals surface area contributed by atoms with Gasteiger partial charge in [0.1, 0.15) is 12.4 Å². The molecule has 23 heavy (non-hydrogen) atoms. The third-order valence-electron chi connectivity index (χ3n) is 4.55. The standard InChI is InChI=1S/C18H20N2O2S/c21-18(20-7-5-17-15(12-20)6-10-23-17)13-19-8-9-22-16-4-2-1-3-14(16)11-19/h1-4,6,10H,5,7-9,11-13H2. The predicted octanol–water partition coefficient (Wildman–Crippen LogP) is 2.53. The molecule has 0 N–H and O–H groups in total. The molecule has 0 radical (unpaired) electrons. The highest BCUT2D eigenvalue weighted by Gasteiger charge is 2.24. The lowest BCUT2D eigenvalue weighted by Crippen LogP contribution is -2.42. The normalized spacial score (nSPS) is 17.8. The zero-order chi connectivity index (χ0) is 15.6. The second-order valence-corrected chi connectivity index (χ2v) is 7.10. The molecule has 0 bridgehead atoms. The number of rotatable bonds is 2. The number of amides is 1. The van der Waals surface area contributed by atoms with Crippen molar-refractivity contribution < 1.29 is 9.53 Å². The lowest BCUT2D eigenvalue weighted by Gasteiger charge is -2.29. The van der Waals surface area contributed by atoms with Crippen LogP contribution in [-0.4, -0.2) is 41.9 Å². The van der Waals surface area contributed by atoms with Crippen LogP contribution in [0, 0.1) is 0 Å². The Morgan fingerprint density at radius 3 is 3.00 bits per heavy atom. The van der Waals surface area contributed by atoms with Crippen LogP contribution in [0.2, 0.25) is 0 Å². The molecule has 1 aromatic carbocycles. The van der Waals surface area contributed by atoms with Crippen LogP contribution >= 0.6 is 11.3 Å². The van der Waals surface area contributed by atoms with Crippen molar-refractivity contribution in [3.05, 3.63) is 51.7 Å². The minimum atomic E-state index is 0.223. The van der Waals surface area contributed by atoms with Crippen LogP contribution < -0.4 is 4.74 Å². The molecule has 0 saturated carbocycles. The van der Waals surface area contributed by atoms with Crippen molar-refractivity contribution in [2.45, 2.75) is 19.5 Å². The van der Waals surface area contributed by atoms with Crippen LogP contribution in [0.5, 0.6) is 5.75 Å². The number of carbonyl (C=O) groups excluding carboxylic acids is 1. The van der Waals surface area contributed by atoms with Crippen LogP contribution in [0.3, 0.4) is 0 Å². The fourth-order valence-electron chi connectivity index (χ4n) is 3.27. The Kier molecular flexibility index (Phi) is 4.06. The van der Waals surface area contributed by atoms with Crippen LogP contribution in [0.1, 0.15) is 16.0 Å². The number of para-hydroxylation sites is 1. The first-order chi connectivity index (χ1) is 11.3. The zero-order valence-corrected chi connectivity index (χ0v) is 13.8. The molecule has 5 heteroatoms. The van der Waals surface area contributed by atoms with E-state index in [0.717, 1.165) is 43.9 Å². The molecule has 2 aliphatic rings. The molecular weight excluding hydrogens is 308 g/mol. The van der Waals surface area contributed by atoms with Gasteiger partial charge in [-0.2, -0.15) is 0 Å². The highest BCUT2D eigenvalue weighted by molar-refractivity contribution is 7.10. The predicted molar refractivity (Wildman–Crippen MR) is 90.7 cm³/mol. The Labute approximate surface area is 140 Å². The molecule has 0 atom stereocenters. The van der Waals surface area contributed by atoms with Crippen molar-refractivity contribution >= 4 is 17.2 Å². The van der Waals surface area contributed by atoms with E-state index < -0.39 is 0 Å². The summed E-state index contributed by atoms with van der Waals surface area (Å²) in [5.41, 5.74) is 2.48. The quantitative estimate of drug-likeness (QED) is 0.849. The minimum Gasteiger partial charge on any atom is -0.492 e. The Bertz CT molecular complexity index is 713. The summed E-state index contributed by atoms with van der Waals surface area (Å²) in [6.07, 6.45) is 0.991. The van der Waals surface area contributed by atoms with Gasteiger partial charge in [0, 0.05) is 36.6 Å². The van der Waals surface area contributed by atoms with Gasteiger partial charge in [-0.3, -0.25) is 9.69 Å². The van der Waals surface area contributed by atoms with Gasteiger partial charge in [0.2, 0.25) is 5.91 Å². The number of fused-ring (bicyclic) bond motifs is 2. The summed E-state index contributed by atoms with van der Waals surface area (Å²) >= 11 is 1.80. The van der Waals surface area contributed by atoms with Gasteiger partial charge in [-0.05, 0) is 29.5 Å². The van der Waals surface area contributed by atoms with E-state index in [4.69, 9.17) is 4.74 Å². The maximum absolute atomic E-state index is 12.7. The Morgan fingerprint density at radius 2 is 2.04 bits per heavy atom. The topological polar surface area (TPSA) is 32.8 Å². The van der Waals surface area contributed by atoms with Crippen molar-refractivity contribution in [3.63, 3.8) is 0 Å². The molecule has 0 saturated heterocycles. The molecule has 120 valence electrons. The van der Waals surface area contributed by atoms with Crippen molar-refractivity contribution in [2.24, 2.45) is 0 Å². The highest BCUT2D eigenvalue weighted by Crippen LogP contribution is 2.25. The molecule has 3 heterocycles. The molecular formula is C18H20N2O2S. The first kappa shape index (κ1) is 14.7. The van der Waals surface area contributed by atoms with Crippen molar-refractivity contribution in [3.8, 4) is 5.75 Å². The van der Waals surface area contributed by atoms with E-state index in [1.165, 1.54) is 10.4 Å². The van der Waals surface area contributed by atoms with E-state index in [2.05, 4.69) is 22.4 Å². The smallest absolute Gasteiger partial charge is 0.237 e. The van der Waals surface area contributed by atoms with Gasteiger partial charge in [0.05, 0.1) is 6.54 Å². The molecule has 2 aromatic rings. The first-order valence-corrected chi connectivity index (χ1v) is 8.93.